The Morgan fingerprint density at radius 1 is 1.00 bits per heavy atom. The van der Waals surface area contributed by atoms with E-state index in [2.05, 4.69) is 32.9 Å². The fraction of sp³-hybridized carbons (Fsp3) is 0.333. The van der Waals surface area contributed by atoms with E-state index >= 15 is 0 Å². The van der Waals surface area contributed by atoms with E-state index in [-0.39, 0.29) is 28.9 Å². The molecule has 0 aliphatic carbocycles. The molecule has 0 saturated heterocycles. The maximum atomic E-state index is 12.6. The van der Waals surface area contributed by atoms with Crippen molar-refractivity contribution in [3.05, 3.63) is 74.8 Å². The predicted molar refractivity (Wildman–Crippen MR) is 105 cm³/mol. The lowest BCUT2D eigenvalue weighted by Crippen LogP contribution is -2.39. The van der Waals surface area contributed by atoms with Crippen molar-refractivity contribution in [1.29, 1.82) is 0 Å². The number of fused-ring (bicyclic) bond motifs is 1. The van der Waals surface area contributed by atoms with Crippen LogP contribution in [-0.4, -0.2) is 40.3 Å². The van der Waals surface area contributed by atoms with E-state index in [0.29, 0.717) is 6.54 Å². The molecule has 146 valence electrons. The number of hydrogen-bond acceptors (Lipinski definition) is 5. The molecule has 0 atom stereocenters. The number of amides is 2. The summed E-state index contributed by atoms with van der Waals surface area (Å²) in [6.45, 7) is 7.14. The van der Waals surface area contributed by atoms with Crippen LogP contribution in [0.15, 0.2) is 42.5 Å². The summed E-state index contributed by atoms with van der Waals surface area (Å²) in [5.41, 5.74) is 2.48. The highest BCUT2D eigenvalue weighted by Crippen LogP contribution is 2.27. The zero-order valence-electron chi connectivity index (χ0n) is 16.4. The lowest BCUT2D eigenvalue weighted by atomic mass is 9.87. The summed E-state index contributed by atoms with van der Waals surface area (Å²) in [4.78, 5) is 38.5. The number of carbonyl (C=O) groups excluding carboxylic acids is 2. The smallest absolute Gasteiger partial charge is 0.270 e. The minimum Gasteiger partial charge on any atom is -0.284 e. The second-order valence-corrected chi connectivity index (χ2v) is 8.13. The molecule has 2 aromatic rings. The molecule has 0 aromatic heterocycles. The van der Waals surface area contributed by atoms with Gasteiger partial charge in [0, 0.05) is 18.7 Å². The SMILES string of the molecule is CN(Cc1ccc(C(C)(C)C)cc1)CN1C(=O)c2ccc([N+](=O)[O-])cc2C1=O. The second-order valence-electron chi connectivity index (χ2n) is 8.13. The van der Waals surface area contributed by atoms with E-state index in [0.717, 1.165) is 10.5 Å². The lowest BCUT2D eigenvalue weighted by molar-refractivity contribution is -0.384. The number of nitro groups is 1. The van der Waals surface area contributed by atoms with Crippen molar-refractivity contribution in [1.82, 2.24) is 9.80 Å². The van der Waals surface area contributed by atoms with Gasteiger partial charge in [-0.15, -0.1) is 0 Å². The second kappa shape index (κ2) is 7.16. The molecule has 2 amide bonds. The summed E-state index contributed by atoms with van der Waals surface area (Å²) in [6, 6.07) is 12.0. The Labute approximate surface area is 163 Å². The van der Waals surface area contributed by atoms with Crippen LogP contribution in [0.5, 0.6) is 0 Å². The molecule has 2 aromatic carbocycles. The molecule has 0 saturated carbocycles. The Morgan fingerprint density at radius 2 is 1.61 bits per heavy atom. The first-order valence-electron chi connectivity index (χ1n) is 9.00. The molecule has 0 unspecified atom stereocenters. The standard InChI is InChI=1S/C21H23N3O4/c1-21(2,3)15-7-5-14(6-8-15)12-22(4)13-23-19(25)17-10-9-16(24(27)28)11-18(17)20(23)26/h5-11H,12-13H2,1-4H3. The van der Waals surface area contributed by atoms with Gasteiger partial charge in [0.25, 0.3) is 17.5 Å². The summed E-state index contributed by atoms with van der Waals surface area (Å²) in [5.74, 6) is -0.927. The Hall–Kier alpha value is -3.06. The highest BCUT2D eigenvalue weighted by Gasteiger charge is 2.37. The highest BCUT2D eigenvalue weighted by atomic mass is 16.6. The number of rotatable bonds is 5. The molecule has 1 heterocycles. The molecule has 1 aliphatic rings. The van der Waals surface area contributed by atoms with Crippen molar-refractivity contribution in [2.45, 2.75) is 32.7 Å². The van der Waals surface area contributed by atoms with Crippen molar-refractivity contribution < 1.29 is 14.5 Å². The van der Waals surface area contributed by atoms with E-state index in [4.69, 9.17) is 0 Å². The predicted octanol–water partition coefficient (Wildman–Crippen LogP) is 3.58. The van der Waals surface area contributed by atoms with Crippen LogP contribution in [0, 0.1) is 10.1 Å². The third-order valence-corrected chi connectivity index (χ3v) is 4.82. The molecule has 7 nitrogen and oxygen atoms in total. The van der Waals surface area contributed by atoms with Gasteiger partial charge in [0.15, 0.2) is 0 Å². The topological polar surface area (TPSA) is 83.8 Å². The van der Waals surface area contributed by atoms with Crippen LogP contribution in [0.2, 0.25) is 0 Å². The average molecular weight is 381 g/mol. The fourth-order valence-corrected chi connectivity index (χ4v) is 3.23. The van der Waals surface area contributed by atoms with E-state index in [1.54, 1.807) is 0 Å². The summed E-state index contributed by atoms with van der Waals surface area (Å²) in [6.07, 6.45) is 0. The van der Waals surface area contributed by atoms with Gasteiger partial charge in [0.05, 0.1) is 22.7 Å². The maximum Gasteiger partial charge on any atom is 0.270 e. The van der Waals surface area contributed by atoms with Crippen molar-refractivity contribution in [2.24, 2.45) is 0 Å². The third kappa shape index (κ3) is 3.80. The van der Waals surface area contributed by atoms with Gasteiger partial charge < -0.3 is 0 Å². The van der Waals surface area contributed by atoms with Crippen LogP contribution in [0.1, 0.15) is 52.6 Å². The summed E-state index contributed by atoms with van der Waals surface area (Å²) < 4.78 is 0. The number of non-ortho nitro benzene ring substituents is 1. The van der Waals surface area contributed by atoms with E-state index in [1.165, 1.54) is 23.8 Å². The fourth-order valence-electron chi connectivity index (χ4n) is 3.23. The number of benzene rings is 2. The first-order valence-corrected chi connectivity index (χ1v) is 9.00. The molecular formula is C21H23N3O4. The molecule has 7 heteroatoms. The van der Waals surface area contributed by atoms with Gasteiger partial charge in [-0.25, -0.2) is 0 Å². The first-order chi connectivity index (χ1) is 13.1. The number of imide groups is 1. The largest absolute Gasteiger partial charge is 0.284 e. The Morgan fingerprint density at radius 3 is 2.18 bits per heavy atom. The minimum absolute atomic E-state index is 0.0766. The van der Waals surface area contributed by atoms with E-state index in [1.807, 2.05) is 24.1 Å². The highest BCUT2D eigenvalue weighted by molar-refractivity contribution is 6.21. The van der Waals surface area contributed by atoms with Crippen LogP contribution >= 0.6 is 0 Å². The molecule has 28 heavy (non-hydrogen) atoms. The first kappa shape index (κ1) is 19.7. The molecular weight excluding hydrogens is 358 g/mol. The van der Waals surface area contributed by atoms with Crippen LogP contribution < -0.4 is 0 Å². The van der Waals surface area contributed by atoms with Gasteiger partial charge in [0.1, 0.15) is 0 Å². The molecule has 3 rings (SSSR count). The van der Waals surface area contributed by atoms with Gasteiger partial charge in [-0.2, -0.15) is 0 Å². The summed E-state index contributed by atoms with van der Waals surface area (Å²) in [7, 11) is 1.82. The van der Waals surface area contributed by atoms with Gasteiger partial charge in [0.2, 0.25) is 0 Å². The monoisotopic (exact) mass is 381 g/mol. The zero-order valence-corrected chi connectivity index (χ0v) is 16.4. The van der Waals surface area contributed by atoms with Crippen LogP contribution in [-0.2, 0) is 12.0 Å². The number of nitrogens with zero attached hydrogens (tertiary/aromatic N) is 3. The third-order valence-electron chi connectivity index (χ3n) is 4.82. The number of hydrogen-bond donors (Lipinski definition) is 0. The molecule has 1 aliphatic heterocycles. The van der Waals surface area contributed by atoms with Crippen LogP contribution in [0.4, 0.5) is 5.69 Å². The summed E-state index contributed by atoms with van der Waals surface area (Å²) >= 11 is 0. The Bertz CT molecular complexity index is 945. The zero-order chi connectivity index (χ0) is 20.6. The quantitative estimate of drug-likeness (QED) is 0.449. The van der Waals surface area contributed by atoms with E-state index < -0.39 is 16.7 Å². The molecule has 0 spiro atoms. The van der Waals surface area contributed by atoms with Crippen molar-refractivity contribution in [3.8, 4) is 0 Å². The molecule has 0 bridgehead atoms. The maximum absolute atomic E-state index is 12.6. The van der Waals surface area contributed by atoms with Crippen LogP contribution in [0.3, 0.4) is 0 Å². The normalized spacial score (nSPS) is 14.0. The minimum atomic E-state index is -0.575. The van der Waals surface area contributed by atoms with Gasteiger partial charge in [-0.05, 0) is 29.7 Å². The van der Waals surface area contributed by atoms with Crippen molar-refractivity contribution in [2.75, 3.05) is 13.7 Å². The average Bonchev–Trinajstić information content (AvgIpc) is 2.86. The summed E-state index contributed by atoms with van der Waals surface area (Å²) in [5, 5.41) is 10.9. The molecule has 0 fully saturated rings. The Kier molecular flexibility index (Phi) is 5.04. The van der Waals surface area contributed by atoms with Gasteiger partial charge >= 0.3 is 0 Å². The van der Waals surface area contributed by atoms with Gasteiger partial charge in [-0.1, -0.05) is 45.0 Å². The molecule has 0 radical (unpaired) electrons. The molecule has 0 N–H and O–H groups in total. The van der Waals surface area contributed by atoms with E-state index in [9.17, 15) is 19.7 Å². The van der Waals surface area contributed by atoms with Crippen molar-refractivity contribution in [3.63, 3.8) is 0 Å². The number of nitro benzene ring substituents is 1. The van der Waals surface area contributed by atoms with Crippen molar-refractivity contribution >= 4 is 17.5 Å². The number of carbonyl (C=O) groups is 2. The van der Waals surface area contributed by atoms with Gasteiger partial charge in [-0.3, -0.25) is 29.5 Å². The lowest BCUT2D eigenvalue weighted by Gasteiger charge is -2.23. The Balaban J connectivity index is 1.70. The van der Waals surface area contributed by atoms with Crippen LogP contribution in [0.25, 0.3) is 0 Å².